The van der Waals surface area contributed by atoms with Gasteiger partial charge in [0.25, 0.3) is 0 Å². The summed E-state index contributed by atoms with van der Waals surface area (Å²) in [5, 5.41) is 4.97. The number of nitrogens with one attached hydrogen (secondary N) is 2. The first-order valence-corrected chi connectivity index (χ1v) is 7.48. The molecule has 2 aromatic carbocycles. The quantitative estimate of drug-likeness (QED) is 0.652. The standard InChI is InChI=1S/C17H15ClFN3O2/c1-23-16-7-10-5-6-20-17(12(10)9-15(16)22-24-2)21-11-3-4-14(19)13(18)8-11/h3-9,22H,1-2H3,(H,20,21). The maximum Gasteiger partial charge on any atom is 0.144 e. The van der Waals surface area contributed by atoms with Crippen molar-refractivity contribution in [3.63, 3.8) is 0 Å². The first kappa shape index (κ1) is 16.3. The topological polar surface area (TPSA) is 55.4 Å². The highest BCUT2D eigenvalue weighted by Crippen LogP contribution is 2.34. The molecule has 5 nitrogen and oxygen atoms in total. The number of pyridine rings is 1. The number of benzene rings is 2. The third-order valence-electron chi connectivity index (χ3n) is 3.48. The average Bonchev–Trinajstić information content (AvgIpc) is 2.58. The molecule has 0 aliphatic rings. The van der Waals surface area contributed by atoms with Crippen molar-refractivity contribution in [1.29, 1.82) is 0 Å². The smallest absolute Gasteiger partial charge is 0.144 e. The van der Waals surface area contributed by atoms with E-state index in [0.717, 1.165) is 10.8 Å². The van der Waals surface area contributed by atoms with Crippen LogP contribution in [0.15, 0.2) is 42.6 Å². The van der Waals surface area contributed by atoms with Gasteiger partial charge in [0.05, 0.1) is 19.2 Å². The maximum absolute atomic E-state index is 13.3. The van der Waals surface area contributed by atoms with Crippen molar-refractivity contribution in [3.05, 3.63) is 53.4 Å². The van der Waals surface area contributed by atoms with E-state index in [-0.39, 0.29) is 5.02 Å². The molecule has 0 atom stereocenters. The minimum atomic E-state index is -0.468. The van der Waals surface area contributed by atoms with Crippen LogP contribution in [-0.2, 0) is 4.84 Å². The van der Waals surface area contributed by atoms with E-state index in [1.807, 2.05) is 18.2 Å². The molecule has 2 N–H and O–H groups in total. The van der Waals surface area contributed by atoms with Crippen LogP contribution >= 0.6 is 11.6 Å². The number of methoxy groups -OCH3 is 1. The largest absolute Gasteiger partial charge is 0.494 e. The lowest BCUT2D eigenvalue weighted by Gasteiger charge is -2.14. The molecule has 3 aromatic rings. The van der Waals surface area contributed by atoms with Crippen LogP contribution in [-0.4, -0.2) is 19.2 Å². The Balaban J connectivity index is 2.06. The van der Waals surface area contributed by atoms with E-state index < -0.39 is 5.82 Å². The Morgan fingerprint density at radius 2 is 1.96 bits per heavy atom. The number of anilines is 3. The monoisotopic (exact) mass is 347 g/mol. The molecule has 3 rings (SSSR count). The fourth-order valence-electron chi connectivity index (χ4n) is 2.37. The second-order valence-corrected chi connectivity index (χ2v) is 5.40. The Morgan fingerprint density at radius 3 is 2.67 bits per heavy atom. The molecule has 0 spiro atoms. The molecular formula is C17H15ClFN3O2. The highest BCUT2D eigenvalue weighted by Gasteiger charge is 2.10. The van der Waals surface area contributed by atoms with Crippen LogP contribution in [0, 0.1) is 5.82 Å². The van der Waals surface area contributed by atoms with Gasteiger partial charge in [0.2, 0.25) is 0 Å². The van der Waals surface area contributed by atoms with Crippen LogP contribution in [0.3, 0.4) is 0 Å². The molecule has 124 valence electrons. The zero-order valence-electron chi connectivity index (χ0n) is 13.1. The number of hydrogen-bond donors (Lipinski definition) is 2. The van der Waals surface area contributed by atoms with Crippen LogP contribution in [0.2, 0.25) is 5.02 Å². The van der Waals surface area contributed by atoms with E-state index in [2.05, 4.69) is 15.8 Å². The SMILES string of the molecule is CONc1cc2c(Nc3ccc(F)c(Cl)c3)nccc2cc1OC. The molecule has 1 heterocycles. The molecule has 0 saturated carbocycles. The summed E-state index contributed by atoms with van der Waals surface area (Å²) in [5.41, 5.74) is 4.08. The van der Waals surface area contributed by atoms with Gasteiger partial charge in [0, 0.05) is 17.3 Å². The predicted molar refractivity (Wildman–Crippen MR) is 93.6 cm³/mol. The molecule has 0 radical (unpaired) electrons. The second-order valence-electron chi connectivity index (χ2n) is 4.99. The molecule has 0 fully saturated rings. The van der Waals surface area contributed by atoms with Crippen molar-refractivity contribution in [2.24, 2.45) is 0 Å². The number of halogens is 2. The van der Waals surface area contributed by atoms with Crippen molar-refractivity contribution in [2.75, 3.05) is 25.0 Å². The summed E-state index contributed by atoms with van der Waals surface area (Å²) in [6, 6.07) is 10.0. The fraction of sp³-hybridized carbons (Fsp3) is 0.118. The van der Waals surface area contributed by atoms with Crippen LogP contribution in [0.5, 0.6) is 5.75 Å². The Kier molecular flexibility index (Phi) is 4.69. The summed E-state index contributed by atoms with van der Waals surface area (Å²) >= 11 is 5.83. The molecule has 0 aliphatic carbocycles. The fourth-order valence-corrected chi connectivity index (χ4v) is 2.55. The predicted octanol–water partition coefficient (Wildman–Crippen LogP) is 4.75. The summed E-state index contributed by atoms with van der Waals surface area (Å²) in [7, 11) is 3.11. The normalized spacial score (nSPS) is 10.7. The van der Waals surface area contributed by atoms with Crippen molar-refractivity contribution in [1.82, 2.24) is 4.98 Å². The van der Waals surface area contributed by atoms with Crippen LogP contribution in [0.25, 0.3) is 10.8 Å². The number of fused-ring (bicyclic) bond motifs is 1. The Labute approximate surface area is 143 Å². The minimum Gasteiger partial charge on any atom is -0.494 e. The summed E-state index contributed by atoms with van der Waals surface area (Å²) in [6.07, 6.45) is 1.68. The van der Waals surface area contributed by atoms with Crippen molar-refractivity contribution in [2.45, 2.75) is 0 Å². The van der Waals surface area contributed by atoms with Crippen molar-refractivity contribution in [3.8, 4) is 5.75 Å². The summed E-state index contributed by atoms with van der Waals surface area (Å²) < 4.78 is 18.7. The summed E-state index contributed by atoms with van der Waals surface area (Å²) in [5.74, 6) is 0.785. The Bertz CT molecular complexity index is 889. The highest BCUT2D eigenvalue weighted by atomic mass is 35.5. The van der Waals surface area contributed by atoms with Gasteiger partial charge < -0.3 is 10.1 Å². The maximum atomic E-state index is 13.3. The van der Waals surface area contributed by atoms with E-state index in [4.69, 9.17) is 21.2 Å². The molecule has 24 heavy (non-hydrogen) atoms. The zero-order valence-corrected chi connectivity index (χ0v) is 13.8. The number of rotatable bonds is 5. The van der Waals surface area contributed by atoms with Gasteiger partial charge in [-0.15, -0.1) is 0 Å². The molecule has 0 bridgehead atoms. The number of ether oxygens (including phenoxy) is 1. The van der Waals surface area contributed by atoms with Crippen LogP contribution in [0.4, 0.5) is 21.6 Å². The van der Waals surface area contributed by atoms with Gasteiger partial charge >= 0.3 is 0 Å². The third kappa shape index (κ3) is 3.20. The summed E-state index contributed by atoms with van der Waals surface area (Å²) in [4.78, 5) is 9.33. The molecule has 7 heteroatoms. The van der Waals surface area contributed by atoms with Gasteiger partial charge in [-0.1, -0.05) is 11.6 Å². The first-order valence-electron chi connectivity index (χ1n) is 7.10. The lowest BCUT2D eigenvalue weighted by atomic mass is 10.1. The van der Waals surface area contributed by atoms with Gasteiger partial charge in [-0.05, 0) is 41.8 Å². The van der Waals surface area contributed by atoms with E-state index >= 15 is 0 Å². The number of nitrogens with zero attached hydrogens (tertiary/aromatic N) is 1. The number of aromatic nitrogens is 1. The minimum absolute atomic E-state index is 0.0450. The average molecular weight is 348 g/mol. The Morgan fingerprint density at radius 1 is 1.12 bits per heavy atom. The summed E-state index contributed by atoms with van der Waals surface area (Å²) in [6.45, 7) is 0. The third-order valence-corrected chi connectivity index (χ3v) is 3.77. The molecule has 0 saturated heterocycles. The Hall–Kier alpha value is -2.57. The van der Waals surface area contributed by atoms with Crippen molar-refractivity contribution >= 4 is 39.6 Å². The van der Waals surface area contributed by atoms with E-state index in [1.54, 1.807) is 19.4 Å². The second kappa shape index (κ2) is 6.90. The molecule has 0 unspecified atom stereocenters. The molecular weight excluding hydrogens is 333 g/mol. The zero-order chi connectivity index (χ0) is 17.1. The van der Waals surface area contributed by atoms with E-state index in [9.17, 15) is 4.39 Å². The van der Waals surface area contributed by atoms with Gasteiger partial charge in [-0.25, -0.2) is 9.37 Å². The van der Waals surface area contributed by atoms with E-state index in [0.29, 0.717) is 22.9 Å². The van der Waals surface area contributed by atoms with E-state index in [1.165, 1.54) is 19.2 Å². The van der Waals surface area contributed by atoms with Gasteiger partial charge in [-0.2, -0.15) is 0 Å². The van der Waals surface area contributed by atoms with Gasteiger partial charge in [0.15, 0.2) is 0 Å². The van der Waals surface area contributed by atoms with Crippen LogP contribution in [0.1, 0.15) is 0 Å². The lowest BCUT2D eigenvalue weighted by molar-refractivity contribution is 0.268. The van der Waals surface area contributed by atoms with Gasteiger partial charge in [-0.3, -0.25) is 10.3 Å². The number of hydrogen-bond acceptors (Lipinski definition) is 5. The molecule has 0 amide bonds. The van der Waals surface area contributed by atoms with Gasteiger partial charge in [0.1, 0.15) is 23.1 Å². The van der Waals surface area contributed by atoms with Crippen molar-refractivity contribution < 1.29 is 14.0 Å². The lowest BCUT2D eigenvalue weighted by Crippen LogP contribution is -2.00. The van der Waals surface area contributed by atoms with Crippen LogP contribution < -0.4 is 15.5 Å². The molecule has 0 aliphatic heterocycles. The first-order chi connectivity index (χ1) is 11.6. The molecule has 1 aromatic heterocycles. The highest BCUT2D eigenvalue weighted by molar-refractivity contribution is 6.31.